The number of likely N-dealkylation sites (tertiary alicyclic amines) is 1. The summed E-state index contributed by atoms with van der Waals surface area (Å²) in [5.74, 6) is 0.890. The molecule has 2 N–H and O–H groups in total. The van der Waals surface area contributed by atoms with Gasteiger partial charge in [0.1, 0.15) is 0 Å². The van der Waals surface area contributed by atoms with Gasteiger partial charge < -0.3 is 20.2 Å². The van der Waals surface area contributed by atoms with Gasteiger partial charge in [0.25, 0.3) is 0 Å². The Labute approximate surface area is 109 Å². The van der Waals surface area contributed by atoms with E-state index in [2.05, 4.69) is 24.3 Å². The van der Waals surface area contributed by atoms with Gasteiger partial charge in [0.05, 0.1) is 12.1 Å². The van der Waals surface area contributed by atoms with Crippen molar-refractivity contribution in [2.45, 2.75) is 31.4 Å². The molecule has 2 unspecified atom stereocenters. The van der Waals surface area contributed by atoms with Gasteiger partial charge in [-0.1, -0.05) is 0 Å². The highest BCUT2D eigenvalue weighted by Gasteiger charge is 2.32. The molecule has 2 fully saturated rings. The van der Waals surface area contributed by atoms with Crippen molar-refractivity contribution in [2.75, 3.05) is 40.3 Å². The van der Waals surface area contributed by atoms with E-state index in [0.717, 1.165) is 32.5 Å². The molecule has 0 radical (unpaired) electrons. The highest BCUT2D eigenvalue weighted by molar-refractivity contribution is 5.82. The summed E-state index contributed by atoms with van der Waals surface area (Å²) in [5.41, 5.74) is 0. The Kier molecular flexibility index (Phi) is 4.59. The highest BCUT2D eigenvalue weighted by Crippen LogP contribution is 2.19. The second-order valence-corrected chi connectivity index (χ2v) is 5.88. The van der Waals surface area contributed by atoms with Gasteiger partial charge in [-0.25, -0.2) is 0 Å². The van der Waals surface area contributed by atoms with Crippen molar-refractivity contribution in [3.05, 3.63) is 0 Å². The molecule has 0 aromatic carbocycles. The molecule has 0 aromatic heterocycles. The van der Waals surface area contributed by atoms with E-state index >= 15 is 0 Å². The third kappa shape index (κ3) is 3.43. The van der Waals surface area contributed by atoms with E-state index in [1.807, 2.05) is 4.90 Å². The van der Waals surface area contributed by atoms with Crippen LogP contribution in [-0.4, -0.2) is 73.2 Å². The lowest BCUT2D eigenvalue weighted by Gasteiger charge is -2.34. The van der Waals surface area contributed by atoms with Crippen LogP contribution in [-0.2, 0) is 4.79 Å². The molecule has 5 heteroatoms. The lowest BCUT2D eigenvalue weighted by atomic mass is 9.96. The topological polar surface area (TPSA) is 55.8 Å². The summed E-state index contributed by atoms with van der Waals surface area (Å²) < 4.78 is 0. The lowest BCUT2D eigenvalue weighted by Crippen LogP contribution is -2.47. The van der Waals surface area contributed by atoms with E-state index in [1.54, 1.807) is 0 Å². The Balaban J connectivity index is 1.77. The number of β-amino-alcohol motifs (C(OH)–C–C–N with tert-alkyl or cyclic N) is 1. The average molecular weight is 255 g/mol. The minimum Gasteiger partial charge on any atom is -0.392 e. The SMILES string of the molecule is CN(C)CC1CCN(C(=O)C2CC(O)CN2)CC1. The molecule has 0 aliphatic carbocycles. The van der Waals surface area contributed by atoms with Crippen LogP contribution in [0, 0.1) is 5.92 Å². The Bertz CT molecular complexity index is 288. The van der Waals surface area contributed by atoms with Crippen molar-refractivity contribution in [2.24, 2.45) is 5.92 Å². The molecule has 1 amide bonds. The van der Waals surface area contributed by atoms with Crippen LogP contribution in [0.4, 0.5) is 0 Å². The molecular formula is C13H25N3O2. The lowest BCUT2D eigenvalue weighted by molar-refractivity contribution is -0.134. The maximum absolute atomic E-state index is 12.2. The number of nitrogens with zero attached hydrogens (tertiary/aromatic N) is 2. The molecule has 2 rings (SSSR count). The van der Waals surface area contributed by atoms with Crippen LogP contribution >= 0.6 is 0 Å². The highest BCUT2D eigenvalue weighted by atomic mass is 16.3. The van der Waals surface area contributed by atoms with Crippen molar-refractivity contribution in [3.8, 4) is 0 Å². The second kappa shape index (κ2) is 5.99. The first-order valence-corrected chi connectivity index (χ1v) is 6.91. The number of nitrogens with one attached hydrogen (secondary N) is 1. The average Bonchev–Trinajstić information content (AvgIpc) is 2.75. The van der Waals surface area contributed by atoms with Crippen molar-refractivity contribution >= 4 is 5.91 Å². The standard InChI is InChI=1S/C13H25N3O2/c1-15(2)9-10-3-5-16(6-4-10)13(18)12-7-11(17)8-14-12/h10-12,14,17H,3-9H2,1-2H3. The molecule has 2 atom stereocenters. The number of carbonyl (C=O) groups excluding carboxylic acids is 1. The van der Waals surface area contributed by atoms with Crippen LogP contribution in [0.5, 0.6) is 0 Å². The van der Waals surface area contributed by atoms with Crippen molar-refractivity contribution in [1.82, 2.24) is 15.1 Å². The fourth-order valence-corrected chi connectivity index (χ4v) is 2.98. The van der Waals surface area contributed by atoms with Crippen LogP contribution in [0.15, 0.2) is 0 Å². The van der Waals surface area contributed by atoms with E-state index < -0.39 is 0 Å². The number of amides is 1. The number of hydrogen-bond donors (Lipinski definition) is 2. The first-order valence-electron chi connectivity index (χ1n) is 6.91. The molecule has 0 bridgehead atoms. The van der Waals surface area contributed by atoms with Crippen LogP contribution in [0.1, 0.15) is 19.3 Å². The van der Waals surface area contributed by atoms with Crippen molar-refractivity contribution in [3.63, 3.8) is 0 Å². The molecule has 2 saturated heterocycles. The number of aliphatic hydroxyl groups excluding tert-OH is 1. The number of aliphatic hydroxyl groups is 1. The third-order valence-electron chi connectivity index (χ3n) is 3.96. The number of carbonyl (C=O) groups is 1. The number of piperidine rings is 1. The summed E-state index contributed by atoms with van der Waals surface area (Å²) in [5, 5.41) is 12.5. The Morgan fingerprint density at radius 2 is 2.06 bits per heavy atom. The smallest absolute Gasteiger partial charge is 0.239 e. The van der Waals surface area contributed by atoms with Gasteiger partial charge in [-0.2, -0.15) is 0 Å². The predicted molar refractivity (Wildman–Crippen MR) is 70.3 cm³/mol. The fourth-order valence-electron chi connectivity index (χ4n) is 2.98. The summed E-state index contributed by atoms with van der Waals surface area (Å²) in [6, 6.07) is -0.162. The van der Waals surface area contributed by atoms with Gasteiger partial charge in [0, 0.05) is 26.2 Å². The summed E-state index contributed by atoms with van der Waals surface area (Å²) in [6.45, 7) is 3.40. The zero-order chi connectivity index (χ0) is 13.1. The molecule has 2 aliphatic heterocycles. The molecule has 0 saturated carbocycles. The normalized spacial score (nSPS) is 30.1. The summed E-state index contributed by atoms with van der Waals surface area (Å²) >= 11 is 0. The maximum Gasteiger partial charge on any atom is 0.239 e. The maximum atomic E-state index is 12.2. The zero-order valence-electron chi connectivity index (χ0n) is 11.4. The van der Waals surface area contributed by atoms with Gasteiger partial charge >= 0.3 is 0 Å². The fraction of sp³-hybridized carbons (Fsp3) is 0.923. The summed E-state index contributed by atoms with van der Waals surface area (Å²) in [7, 11) is 4.20. The quantitative estimate of drug-likeness (QED) is 0.714. The van der Waals surface area contributed by atoms with E-state index in [4.69, 9.17) is 0 Å². The minimum atomic E-state index is -0.356. The summed E-state index contributed by atoms with van der Waals surface area (Å²) in [6.07, 6.45) is 2.40. The van der Waals surface area contributed by atoms with Crippen molar-refractivity contribution < 1.29 is 9.90 Å². The molecule has 2 heterocycles. The Morgan fingerprint density at radius 3 is 2.56 bits per heavy atom. The molecule has 18 heavy (non-hydrogen) atoms. The van der Waals surface area contributed by atoms with Gasteiger partial charge in [-0.05, 0) is 39.3 Å². The minimum absolute atomic E-state index is 0.162. The van der Waals surface area contributed by atoms with E-state index in [9.17, 15) is 9.90 Å². The Morgan fingerprint density at radius 1 is 1.39 bits per heavy atom. The molecule has 5 nitrogen and oxygen atoms in total. The molecule has 2 aliphatic rings. The van der Waals surface area contributed by atoms with E-state index in [1.165, 1.54) is 0 Å². The van der Waals surface area contributed by atoms with Crippen LogP contribution in [0.25, 0.3) is 0 Å². The van der Waals surface area contributed by atoms with E-state index in [0.29, 0.717) is 18.9 Å². The third-order valence-corrected chi connectivity index (χ3v) is 3.96. The summed E-state index contributed by atoms with van der Waals surface area (Å²) in [4.78, 5) is 16.4. The number of rotatable bonds is 3. The van der Waals surface area contributed by atoms with Crippen molar-refractivity contribution in [1.29, 1.82) is 0 Å². The van der Waals surface area contributed by atoms with Crippen LogP contribution in [0.3, 0.4) is 0 Å². The zero-order valence-corrected chi connectivity index (χ0v) is 11.4. The number of hydrogen-bond acceptors (Lipinski definition) is 4. The van der Waals surface area contributed by atoms with Gasteiger partial charge in [-0.3, -0.25) is 4.79 Å². The largest absolute Gasteiger partial charge is 0.392 e. The Hall–Kier alpha value is -0.650. The van der Waals surface area contributed by atoms with Gasteiger partial charge in [-0.15, -0.1) is 0 Å². The first-order chi connectivity index (χ1) is 8.56. The molecular weight excluding hydrogens is 230 g/mol. The first kappa shape index (κ1) is 13.8. The predicted octanol–water partition coefficient (Wildman–Crippen LogP) is -0.491. The molecule has 0 spiro atoms. The van der Waals surface area contributed by atoms with Crippen LogP contribution < -0.4 is 5.32 Å². The molecule has 0 aromatic rings. The monoisotopic (exact) mass is 255 g/mol. The second-order valence-electron chi connectivity index (χ2n) is 5.88. The van der Waals surface area contributed by atoms with Crippen LogP contribution in [0.2, 0.25) is 0 Å². The van der Waals surface area contributed by atoms with Gasteiger partial charge in [0.15, 0.2) is 0 Å². The van der Waals surface area contributed by atoms with E-state index in [-0.39, 0.29) is 18.1 Å². The van der Waals surface area contributed by atoms with Gasteiger partial charge in [0.2, 0.25) is 5.91 Å². The molecule has 104 valence electrons.